The molecule has 0 bridgehead atoms. The first-order valence-corrected chi connectivity index (χ1v) is 3.85. The fourth-order valence-corrected chi connectivity index (χ4v) is 0.926. The van der Waals surface area contributed by atoms with Crippen molar-refractivity contribution in [1.29, 1.82) is 0 Å². The Kier molecular flexibility index (Phi) is 2.87. The summed E-state index contributed by atoms with van der Waals surface area (Å²) in [4.78, 5) is 11.2. The molecule has 0 saturated heterocycles. The summed E-state index contributed by atoms with van der Waals surface area (Å²) in [7, 11) is 1.45. The number of carbonyl (C=O) groups excluding carboxylic acids is 1. The van der Waals surface area contributed by atoms with Crippen LogP contribution < -0.4 is 0 Å². The maximum atomic E-state index is 11.8. The quantitative estimate of drug-likeness (QED) is 0.702. The molecule has 0 amide bonds. The molecular formula is C7H8F3N3O. The first-order valence-electron chi connectivity index (χ1n) is 3.85. The van der Waals surface area contributed by atoms with E-state index in [2.05, 4.69) is 10.3 Å². The SMILES string of the molecule is Cn1nncc1C(=O)CCC(F)(F)F. The largest absolute Gasteiger partial charge is 0.389 e. The van der Waals surface area contributed by atoms with E-state index in [4.69, 9.17) is 0 Å². The maximum absolute atomic E-state index is 11.8. The zero-order valence-electron chi connectivity index (χ0n) is 7.38. The van der Waals surface area contributed by atoms with Gasteiger partial charge in [0.05, 0.1) is 12.6 Å². The standard InChI is InChI=1S/C7H8F3N3O/c1-13-5(4-11-12-13)6(14)2-3-7(8,9)10/h4H,2-3H2,1H3. The molecule has 0 aliphatic rings. The van der Waals surface area contributed by atoms with Crippen molar-refractivity contribution < 1.29 is 18.0 Å². The van der Waals surface area contributed by atoms with Crippen LogP contribution in [0.4, 0.5) is 13.2 Å². The van der Waals surface area contributed by atoms with Crippen molar-refractivity contribution in [1.82, 2.24) is 15.0 Å². The van der Waals surface area contributed by atoms with Gasteiger partial charge in [-0.1, -0.05) is 5.21 Å². The van der Waals surface area contributed by atoms with E-state index in [1.54, 1.807) is 0 Å². The molecule has 1 aromatic rings. The number of rotatable bonds is 3. The normalized spacial score (nSPS) is 11.7. The van der Waals surface area contributed by atoms with Gasteiger partial charge in [0.25, 0.3) is 0 Å². The molecule has 1 heterocycles. The van der Waals surface area contributed by atoms with Crippen molar-refractivity contribution in [2.45, 2.75) is 19.0 Å². The molecule has 0 spiro atoms. The van der Waals surface area contributed by atoms with Gasteiger partial charge < -0.3 is 0 Å². The van der Waals surface area contributed by atoms with Gasteiger partial charge >= 0.3 is 6.18 Å². The highest BCUT2D eigenvalue weighted by Crippen LogP contribution is 2.22. The highest BCUT2D eigenvalue weighted by atomic mass is 19.4. The number of aromatic nitrogens is 3. The number of nitrogens with zero attached hydrogens (tertiary/aromatic N) is 3. The van der Waals surface area contributed by atoms with Crippen LogP contribution in [-0.2, 0) is 7.05 Å². The summed E-state index contributed by atoms with van der Waals surface area (Å²) in [6.45, 7) is 0. The van der Waals surface area contributed by atoms with E-state index in [9.17, 15) is 18.0 Å². The number of Topliss-reactive ketones (excluding diaryl/α,β-unsaturated/α-hetero) is 1. The minimum Gasteiger partial charge on any atom is -0.292 e. The van der Waals surface area contributed by atoms with Crippen LogP contribution in [0.3, 0.4) is 0 Å². The van der Waals surface area contributed by atoms with E-state index >= 15 is 0 Å². The Balaban J connectivity index is 2.56. The molecule has 0 atom stereocenters. The Morgan fingerprint density at radius 2 is 2.21 bits per heavy atom. The molecule has 0 saturated carbocycles. The lowest BCUT2D eigenvalue weighted by molar-refractivity contribution is -0.133. The monoisotopic (exact) mass is 207 g/mol. The predicted molar refractivity (Wildman–Crippen MR) is 40.6 cm³/mol. The zero-order valence-corrected chi connectivity index (χ0v) is 7.38. The highest BCUT2D eigenvalue weighted by molar-refractivity contribution is 5.94. The molecule has 7 heteroatoms. The van der Waals surface area contributed by atoms with E-state index in [-0.39, 0.29) is 5.69 Å². The molecule has 0 radical (unpaired) electrons. The van der Waals surface area contributed by atoms with Crippen molar-refractivity contribution in [2.24, 2.45) is 7.05 Å². The summed E-state index contributed by atoms with van der Waals surface area (Å²) in [6.07, 6.45) is -4.83. The minimum absolute atomic E-state index is 0.0919. The van der Waals surface area contributed by atoms with Crippen molar-refractivity contribution in [3.8, 4) is 0 Å². The molecule has 14 heavy (non-hydrogen) atoms. The lowest BCUT2D eigenvalue weighted by Crippen LogP contribution is -2.13. The summed E-state index contributed by atoms with van der Waals surface area (Å²) in [5.41, 5.74) is 0.0919. The molecule has 0 aromatic carbocycles. The lowest BCUT2D eigenvalue weighted by Gasteiger charge is -2.04. The second-order valence-electron chi connectivity index (χ2n) is 2.78. The Labute approximate surface area is 77.7 Å². The molecule has 78 valence electrons. The summed E-state index contributed by atoms with van der Waals surface area (Å²) in [5, 5.41) is 6.84. The van der Waals surface area contributed by atoms with Gasteiger partial charge in [-0.15, -0.1) is 5.10 Å². The molecule has 0 fully saturated rings. The summed E-state index contributed by atoms with van der Waals surface area (Å²) in [5.74, 6) is -0.602. The second kappa shape index (κ2) is 3.77. The lowest BCUT2D eigenvalue weighted by atomic mass is 10.2. The third-order valence-corrected chi connectivity index (χ3v) is 1.64. The Bertz CT molecular complexity index is 331. The van der Waals surface area contributed by atoms with E-state index < -0.39 is 24.8 Å². The smallest absolute Gasteiger partial charge is 0.292 e. The number of hydrogen-bond donors (Lipinski definition) is 0. The number of hydrogen-bond acceptors (Lipinski definition) is 3. The minimum atomic E-state index is -4.30. The molecule has 0 unspecified atom stereocenters. The molecule has 0 aliphatic heterocycles. The van der Waals surface area contributed by atoms with Crippen molar-refractivity contribution in [2.75, 3.05) is 0 Å². The first-order chi connectivity index (χ1) is 6.40. The van der Waals surface area contributed by atoms with Crippen LogP contribution in [0, 0.1) is 0 Å². The summed E-state index contributed by atoms with van der Waals surface area (Å²) >= 11 is 0. The molecule has 1 rings (SSSR count). The van der Waals surface area contributed by atoms with Crippen LogP contribution in [0.2, 0.25) is 0 Å². The summed E-state index contributed by atoms with van der Waals surface area (Å²) < 4.78 is 36.5. The van der Waals surface area contributed by atoms with Gasteiger partial charge in [-0.25, -0.2) is 4.68 Å². The summed E-state index contributed by atoms with van der Waals surface area (Å²) in [6, 6.07) is 0. The van der Waals surface area contributed by atoms with Crippen molar-refractivity contribution in [3.05, 3.63) is 11.9 Å². The zero-order chi connectivity index (χ0) is 10.8. The molecule has 4 nitrogen and oxygen atoms in total. The number of halogens is 3. The third kappa shape index (κ3) is 2.82. The van der Waals surface area contributed by atoms with E-state index in [0.29, 0.717) is 0 Å². The van der Waals surface area contributed by atoms with Gasteiger partial charge in [0, 0.05) is 13.5 Å². The number of alkyl halides is 3. The number of aryl methyl sites for hydroxylation is 1. The van der Waals surface area contributed by atoms with E-state index in [1.165, 1.54) is 7.05 Å². The molecular weight excluding hydrogens is 199 g/mol. The Hall–Kier alpha value is -1.40. The van der Waals surface area contributed by atoms with Gasteiger partial charge in [0.1, 0.15) is 5.69 Å². The average Bonchev–Trinajstić information content (AvgIpc) is 2.46. The molecule has 0 N–H and O–H groups in total. The first kappa shape index (κ1) is 10.7. The molecule has 1 aromatic heterocycles. The predicted octanol–water partition coefficient (Wildman–Crippen LogP) is 1.34. The van der Waals surface area contributed by atoms with E-state index in [1.807, 2.05) is 0 Å². The number of ketones is 1. The fourth-order valence-electron chi connectivity index (χ4n) is 0.926. The van der Waals surface area contributed by atoms with Crippen LogP contribution >= 0.6 is 0 Å². The van der Waals surface area contributed by atoms with E-state index in [0.717, 1.165) is 10.9 Å². The van der Waals surface area contributed by atoms with Gasteiger partial charge in [0.15, 0.2) is 5.78 Å². The van der Waals surface area contributed by atoms with Crippen LogP contribution in [0.1, 0.15) is 23.3 Å². The fraction of sp³-hybridized carbons (Fsp3) is 0.571. The average molecular weight is 207 g/mol. The van der Waals surface area contributed by atoms with Crippen molar-refractivity contribution in [3.63, 3.8) is 0 Å². The highest BCUT2D eigenvalue weighted by Gasteiger charge is 2.28. The van der Waals surface area contributed by atoms with Gasteiger partial charge in [-0.3, -0.25) is 4.79 Å². The third-order valence-electron chi connectivity index (χ3n) is 1.64. The number of carbonyl (C=O) groups is 1. The molecule has 0 aliphatic carbocycles. The topological polar surface area (TPSA) is 47.8 Å². The van der Waals surface area contributed by atoms with Crippen molar-refractivity contribution >= 4 is 5.78 Å². The van der Waals surface area contributed by atoms with Gasteiger partial charge in [0.2, 0.25) is 0 Å². The maximum Gasteiger partial charge on any atom is 0.389 e. The Morgan fingerprint density at radius 3 is 2.64 bits per heavy atom. The van der Waals surface area contributed by atoms with Gasteiger partial charge in [-0.05, 0) is 0 Å². The van der Waals surface area contributed by atoms with Crippen LogP contribution in [0.5, 0.6) is 0 Å². The Morgan fingerprint density at radius 1 is 1.57 bits per heavy atom. The van der Waals surface area contributed by atoms with Crippen LogP contribution in [-0.4, -0.2) is 27.0 Å². The van der Waals surface area contributed by atoms with Crippen LogP contribution in [0.15, 0.2) is 6.20 Å². The second-order valence-corrected chi connectivity index (χ2v) is 2.78. The van der Waals surface area contributed by atoms with Gasteiger partial charge in [-0.2, -0.15) is 13.2 Å². The van der Waals surface area contributed by atoms with Crippen LogP contribution in [0.25, 0.3) is 0 Å².